The quantitative estimate of drug-likeness (QED) is 0.787. The first-order valence-corrected chi connectivity index (χ1v) is 5.86. The summed E-state index contributed by atoms with van der Waals surface area (Å²) in [5.41, 5.74) is -0.499. The number of carbonyl (C=O) groups excluding carboxylic acids is 1. The first kappa shape index (κ1) is 17.6. The predicted octanol–water partition coefficient (Wildman–Crippen LogP) is 2.55. The molecule has 4 nitrogen and oxygen atoms in total. The summed E-state index contributed by atoms with van der Waals surface area (Å²) in [6.07, 6.45) is -0.481. The second kappa shape index (κ2) is 8.39. The van der Waals surface area contributed by atoms with Gasteiger partial charge < -0.3 is 15.2 Å². The number of nitrogens with one attached hydrogen (secondary N) is 1. The molecule has 0 aliphatic heterocycles. The van der Waals surface area contributed by atoms with E-state index in [0.29, 0.717) is 0 Å². The van der Waals surface area contributed by atoms with E-state index in [-0.39, 0.29) is 18.6 Å². The van der Waals surface area contributed by atoms with Crippen LogP contribution < -0.4 is 5.32 Å². The number of rotatable bonds is 3. The van der Waals surface area contributed by atoms with Gasteiger partial charge in [-0.25, -0.2) is 4.79 Å². The van der Waals surface area contributed by atoms with E-state index in [4.69, 9.17) is 9.84 Å². The van der Waals surface area contributed by atoms with Gasteiger partial charge in [0.1, 0.15) is 5.60 Å². The molecular formula is C12H27NO3. The zero-order chi connectivity index (χ0) is 13.4. The monoisotopic (exact) mass is 233 g/mol. The van der Waals surface area contributed by atoms with E-state index in [1.54, 1.807) is 20.8 Å². The molecule has 0 saturated carbocycles. The minimum atomic E-state index is -0.499. The Labute approximate surface area is 99.4 Å². The van der Waals surface area contributed by atoms with Crippen LogP contribution in [0, 0.1) is 5.92 Å². The Bertz CT molecular complexity index is 185. The summed E-state index contributed by atoms with van der Waals surface area (Å²) in [5.74, 6) is 0.188. The SMILES string of the molecule is CC.CC(C)C(CO)NC(=O)OC(C)(C)C. The Morgan fingerprint density at radius 2 is 1.75 bits per heavy atom. The molecule has 1 atom stereocenters. The zero-order valence-corrected chi connectivity index (χ0v) is 11.6. The van der Waals surface area contributed by atoms with Gasteiger partial charge in [-0.3, -0.25) is 0 Å². The van der Waals surface area contributed by atoms with Gasteiger partial charge in [-0.05, 0) is 26.7 Å². The fraction of sp³-hybridized carbons (Fsp3) is 0.917. The highest BCUT2D eigenvalue weighted by molar-refractivity contribution is 5.68. The number of amides is 1. The average Bonchev–Trinajstić information content (AvgIpc) is 2.14. The molecule has 0 aliphatic carbocycles. The fourth-order valence-electron chi connectivity index (χ4n) is 0.882. The molecule has 0 bridgehead atoms. The van der Waals surface area contributed by atoms with Crippen LogP contribution in [0.5, 0.6) is 0 Å². The summed E-state index contributed by atoms with van der Waals surface area (Å²) in [6.45, 7) is 13.2. The van der Waals surface area contributed by atoms with Crippen LogP contribution in [-0.4, -0.2) is 29.4 Å². The third kappa shape index (κ3) is 9.77. The number of aliphatic hydroxyl groups is 1. The first-order valence-electron chi connectivity index (χ1n) is 5.86. The standard InChI is InChI=1S/C10H21NO3.C2H6/c1-7(2)8(6-12)11-9(13)14-10(3,4)5;1-2/h7-8,12H,6H2,1-5H3,(H,11,13);1-2H3. The second-order valence-electron chi connectivity index (χ2n) is 4.68. The Morgan fingerprint density at radius 1 is 1.31 bits per heavy atom. The van der Waals surface area contributed by atoms with Crippen LogP contribution in [0.25, 0.3) is 0 Å². The third-order valence-electron chi connectivity index (χ3n) is 1.70. The molecule has 98 valence electrons. The zero-order valence-electron chi connectivity index (χ0n) is 11.6. The van der Waals surface area contributed by atoms with Crippen molar-refractivity contribution in [1.29, 1.82) is 0 Å². The van der Waals surface area contributed by atoms with E-state index in [0.717, 1.165) is 0 Å². The normalized spacial score (nSPS) is 12.6. The van der Waals surface area contributed by atoms with Crippen molar-refractivity contribution in [3.63, 3.8) is 0 Å². The van der Waals surface area contributed by atoms with E-state index in [1.807, 2.05) is 27.7 Å². The van der Waals surface area contributed by atoms with Crippen LogP contribution in [0.3, 0.4) is 0 Å². The fourth-order valence-corrected chi connectivity index (χ4v) is 0.882. The van der Waals surface area contributed by atoms with Crippen molar-refractivity contribution in [2.45, 2.75) is 60.1 Å². The van der Waals surface area contributed by atoms with Crippen LogP contribution in [0.1, 0.15) is 48.5 Å². The van der Waals surface area contributed by atoms with Gasteiger partial charge in [-0.15, -0.1) is 0 Å². The van der Waals surface area contributed by atoms with Gasteiger partial charge in [-0.1, -0.05) is 27.7 Å². The molecule has 0 aromatic rings. The van der Waals surface area contributed by atoms with Crippen LogP contribution in [0.2, 0.25) is 0 Å². The highest BCUT2D eigenvalue weighted by atomic mass is 16.6. The average molecular weight is 233 g/mol. The molecule has 0 rings (SSSR count). The van der Waals surface area contributed by atoms with E-state index in [2.05, 4.69) is 5.32 Å². The summed E-state index contributed by atoms with van der Waals surface area (Å²) >= 11 is 0. The van der Waals surface area contributed by atoms with Crippen molar-refractivity contribution >= 4 is 6.09 Å². The van der Waals surface area contributed by atoms with Gasteiger partial charge in [0.05, 0.1) is 12.6 Å². The molecule has 1 amide bonds. The van der Waals surface area contributed by atoms with Crippen molar-refractivity contribution in [1.82, 2.24) is 5.32 Å². The molecular weight excluding hydrogens is 206 g/mol. The van der Waals surface area contributed by atoms with Gasteiger partial charge in [0.25, 0.3) is 0 Å². The van der Waals surface area contributed by atoms with E-state index < -0.39 is 11.7 Å². The summed E-state index contributed by atoms with van der Waals surface area (Å²) in [7, 11) is 0. The Morgan fingerprint density at radius 3 is 2.00 bits per heavy atom. The molecule has 4 heteroatoms. The van der Waals surface area contributed by atoms with Gasteiger partial charge in [0.15, 0.2) is 0 Å². The molecule has 16 heavy (non-hydrogen) atoms. The Hall–Kier alpha value is -0.770. The number of aliphatic hydroxyl groups excluding tert-OH is 1. The van der Waals surface area contributed by atoms with Crippen LogP contribution in [0.4, 0.5) is 4.79 Å². The molecule has 0 saturated heterocycles. The Kier molecular flexibility index (Phi) is 9.24. The van der Waals surface area contributed by atoms with Gasteiger partial charge in [-0.2, -0.15) is 0 Å². The summed E-state index contributed by atoms with van der Waals surface area (Å²) in [6, 6.07) is -0.246. The largest absolute Gasteiger partial charge is 0.444 e. The van der Waals surface area contributed by atoms with E-state index in [1.165, 1.54) is 0 Å². The first-order chi connectivity index (χ1) is 7.26. The number of hydrogen-bond acceptors (Lipinski definition) is 3. The minimum Gasteiger partial charge on any atom is -0.444 e. The maximum atomic E-state index is 11.3. The van der Waals surface area contributed by atoms with Crippen molar-refractivity contribution in [3.8, 4) is 0 Å². The van der Waals surface area contributed by atoms with Crippen LogP contribution in [-0.2, 0) is 4.74 Å². The maximum Gasteiger partial charge on any atom is 0.407 e. The van der Waals surface area contributed by atoms with Crippen LogP contribution >= 0.6 is 0 Å². The Balaban J connectivity index is 0. The lowest BCUT2D eigenvalue weighted by Gasteiger charge is -2.24. The second-order valence-corrected chi connectivity index (χ2v) is 4.68. The molecule has 0 fully saturated rings. The number of ether oxygens (including phenoxy) is 1. The van der Waals surface area contributed by atoms with E-state index >= 15 is 0 Å². The summed E-state index contributed by atoms with van der Waals surface area (Å²) in [4.78, 5) is 11.3. The van der Waals surface area contributed by atoms with Crippen molar-refractivity contribution in [3.05, 3.63) is 0 Å². The molecule has 0 aliphatic rings. The lowest BCUT2D eigenvalue weighted by atomic mass is 10.1. The number of alkyl carbamates (subject to hydrolysis) is 1. The van der Waals surface area contributed by atoms with Gasteiger partial charge in [0, 0.05) is 0 Å². The highest BCUT2D eigenvalue weighted by Crippen LogP contribution is 2.08. The van der Waals surface area contributed by atoms with Gasteiger partial charge >= 0.3 is 6.09 Å². The lowest BCUT2D eigenvalue weighted by molar-refractivity contribution is 0.0462. The molecule has 2 N–H and O–H groups in total. The molecule has 0 aromatic carbocycles. The molecule has 0 aromatic heterocycles. The highest BCUT2D eigenvalue weighted by Gasteiger charge is 2.20. The minimum absolute atomic E-state index is 0.0725. The number of carbonyl (C=O) groups is 1. The molecule has 1 unspecified atom stereocenters. The summed E-state index contributed by atoms with van der Waals surface area (Å²) < 4.78 is 5.06. The van der Waals surface area contributed by atoms with Crippen molar-refractivity contribution in [2.75, 3.05) is 6.61 Å². The summed E-state index contributed by atoms with van der Waals surface area (Å²) in [5, 5.41) is 11.6. The topological polar surface area (TPSA) is 58.6 Å². The maximum absolute atomic E-state index is 11.3. The van der Waals surface area contributed by atoms with Crippen molar-refractivity contribution < 1.29 is 14.6 Å². The number of hydrogen-bond donors (Lipinski definition) is 2. The molecule has 0 spiro atoms. The van der Waals surface area contributed by atoms with Crippen LogP contribution in [0.15, 0.2) is 0 Å². The molecule has 0 heterocycles. The molecule has 0 radical (unpaired) electrons. The van der Waals surface area contributed by atoms with Gasteiger partial charge in [0.2, 0.25) is 0 Å². The predicted molar refractivity (Wildman–Crippen MR) is 66.4 cm³/mol. The van der Waals surface area contributed by atoms with E-state index in [9.17, 15) is 4.79 Å². The third-order valence-corrected chi connectivity index (χ3v) is 1.70. The van der Waals surface area contributed by atoms with Crippen molar-refractivity contribution in [2.24, 2.45) is 5.92 Å². The lowest BCUT2D eigenvalue weighted by Crippen LogP contribution is -2.43. The smallest absolute Gasteiger partial charge is 0.407 e.